The summed E-state index contributed by atoms with van der Waals surface area (Å²) >= 11 is 1.95. The standard InChI is InChI=1S/C12H17IN2O4S/c1-12(2,15-20(3,18)19)7-14-11(17)8-4-5-9(13)10(16)6-8/h4-6,15-16H,7H2,1-3H3,(H,14,17). The first kappa shape index (κ1) is 17.2. The summed E-state index contributed by atoms with van der Waals surface area (Å²) in [5.74, 6) is -0.341. The van der Waals surface area contributed by atoms with Gasteiger partial charge in [0.1, 0.15) is 5.75 Å². The van der Waals surface area contributed by atoms with Crippen molar-refractivity contribution in [2.75, 3.05) is 12.8 Å². The van der Waals surface area contributed by atoms with Gasteiger partial charge in [-0.05, 0) is 54.6 Å². The van der Waals surface area contributed by atoms with Crippen molar-refractivity contribution in [2.45, 2.75) is 19.4 Å². The summed E-state index contributed by atoms with van der Waals surface area (Å²) in [5, 5.41) is 12.2. The summed E-state index contributed by atoms with van der Waals surface area (Å²) in [7, 11) is -3.35. The molecule has 0 spiro atoms. The average Bonchev–Trinajstić information content (AvgIpc) is 2.26. The van der Waals surface area contributed by atoms with Gasteiger partial charge in [0.05, 0.1) is 9.83 Å². The number of phenols is 1. The van der Waals surface area contributed by atoms with Crippen LogP contribution in [0, 0.1) is 3.57 Å². The Bertz CT molecular complexity index is 614. The van der Waals surface area contributed by atoms with Crippen LogP contribution in [0.4, 0.5) is 0 Å². The molecule has 0 fully saturated rings. The van der Waals surface area contributed by atoms with Gasteiger partial charge in [0.2, 0.25) is 10.0 Å². The third-order valence-corrected chi connectivity index (χ3v) is 4.20. The van der Waals surface area contributed by atoms with Gasteiger partial charge < -0.3 is 10.4 Å². The van der Waals surface area contributed by atoms with Gasteiger partial charge in [-0.15, -0.1) is 0 Å². The van der Waals surface area contributed by atoms with Gasteiger partial charge in [0.25, 0.3) is 5.91 Å². The molecule has 6 nitrogen and oxygen atoms in total. The molecule has 0 aliphatic rings. The normalized spacial score (nSPS) is 12.2. The van der Waals surface area contributed by atoms with Gasteiger partial charge in [-0.2, -0.15) is 0 Å². The van der Waals surface area contributed by atoms with Crippen LogP contribution in [0.15, 0.2) is 18.2 Å². The first-order chi connectivity index (χ1) is 9.00. The van der Waals surface area contributed by atoms with Crippen LogP contribution in [0.1, 0.15) is 24.2 Å². The Hall–Kier alpha value is -0.870. The van der Waals surface area contributed by atoms with Crippen LogP contribution in [-0.4, -0.2) is 37.8 Å². The van der Waals surface area contributed by atoms with Crippen LogP contribution in [0.5, 0.6) is 5.75 Å². The maximum atomic E-state index is 11.9. The summed E-state index contributed by atoms with van der Waals surface area (Å²) in [5.41, 5.74) is -0.479. The zero-order valence-corrected chi connectivity index (χ0v) is 14.4. The average molecular weight is 412 g/mol. The number of hydrogen-bond acceptors (Lipinski definition) is 4. The number of nitrogens with one attached hydrogen (secondary N) is 2. The van der Waals surface area contributed by atoms with Crippen molar-refractivity contribution in [3.63, 3.8) is 0 Å². The smallest absolute Gasteiger partial charge is 0.251 e. The van der Waals surface area contributed by atoms with Crippen molar-refractivity contribution in [2.24, 2.45) is 0 Å². The lowest BCUT2D eigenvalue weighted by Gasteiger charge is -2.25. The van der Waals surface area contributed by atoms with Crippen molar-refractivity contribution in [1.29, 1.82) is 0 Å². The largest absolute Gasteiger partial charge is 0.507 e. The Morgan fingerprint density at radius 1 is 1.40 bits per heavy atom. The summed E-state index contributed by atoms with van der Waals surface area (Å²) in [6.07, 6.45) is 1.06. The molecule has 1 rings (SSSR count). The molecule has 0 aromatic heterocycles. The molecule has 1 aromatic carbocycles. The van der Waals surface area contributed by atoms with E-state index < -0.39 is 15.6 Å². The van der Waals surface area contributed by atoms with Crippen LogP contribution < -0.4 is 10.0 Å². The van der Waals surface area contributed by atoms with E-state index in [1.54, 1.807) is 26.0 Å². The molecule has 0 saturated heterocycles. The van der Waals surface area contributed by atoms with Crippen LogP contribution in [-0.2, 0) is 10.0 Å². The van der Waals surface area contributed by atoms with Crippen molar-refractivity contribution >= 4 is 38.5 Å². The molecular formula is C12H17IN2O4S. The molecule has 3 N–H and O–H groups in total. The molecule has 8 heteroatoms. The van der Waals surface area contributed by atoms with Gasteiger partial charge >= 0.3 is 0 Å². The summed E-state index contributed by atoms with van der Waals surface area (Å²) < 4.78 is 25.5. The predicted octanol–water partition coefficient (Wildman–Crippen LogP) is 1.05. The van der Waals surface area contributed by atoms with E-state index in [4.69, 9.17) is 0 Å². The van der Waals surface area contributed by atoms with Gasteiger partial charge in [0.15, 0.2) is 0 Å². The number of carbonyl (C=O) groups excluding carboxylic acids is 1. The van der Waals surface area contributed by atoms with E-state index in [1.165, 1.54) is 6.07 Å². The Kier molecular flexibility index (Phi) is 5.39. The van der Waals surface area contributed by atoms with Crippen LogP contribution in [0.25, 0.3) is 0 Å². The highest BCUT2D eigenvalue weighted by Gasteiger charge is 2.23. The number of aromatic hydroxyl groups is 1. The molecule has 0 aliphatic heterocycles. The highest BCUT2D eigenvalue weighted by Crippen LogP contribution is 2.20. The van der Waals surface area contributed by atoms with E-state index in [0.29, 0.717) is 9.13 Å². The van der Waals surface area contributed by atoms with Crippen molar-refractivity contribution in [3.8, 4) is 5.75 Å². The van der Waals surface area contributed by atoms with Crippen LogP contribution in [0.3, 0.4) is 0 Å². The third-order valence-electron chi connectivity index (χ3n) is 2.36. The molecule has 0 saturated carbocycles. The molecule has 0 atom stereocenters. The lowest BCUT2D eigenvalue weighted by atomic mass is 10.1. The Morgan fingerprint density at radius 2 is 2.00 bits per heavy atom. The van der Waals surface area contributed by atoms with Gasteiger partial charge in [-0.1, -0.05) is 0 Å². The number of rotatable bonds is 5. The number of sulfonamides is 1. The number of benzene rings is 1. The number of carbonyl (C=O) groups is 1. The van der Waals surface area contributed by atoms with E-state index in [1.807, 2.05) is 22.6 Å². The maximum absolute atomic E-state index is 11.9. The fraction of sp³-hybridized carbons (Fsp3) is 0.417. The molecule has 0 unspecified atom stereocenters. The Balaban J connectivity index is 2.69. The van der Waals surface area contributed by atoms with Crippen LogP contribution in [0.2, 0.25) is 0 Å². The monoisotopic (exact) mass is 412 g/mol. The molecule has 0 heterocycles. The quantitative estimate of drug-likeness (QED) is 0.631. The first-order valence-corrected chi connectivity index (χ1v) is 8.73. The van der Waals surface area contributed by atoms with Crippen molar-refractivity contribution in [3.05, 3.63) is 27.3 Å². The highest BCUT2D eigenvalue weighted by molar-refractivity contribution is 14.1. The Morgan fingerprint density at radius 3 is 2.50 bits per heavy atom. The van der Waals surface area contributed by atoms with E-state index in [0.717, 1.165) is 6.26 Å². The van der Waals surface area contributed by atoms with E-state index in [9.17, 15) is 18.3 Å². The van der Waals surface area contributed by atoms with Crippen molar-refractivity contribution in [1.82, 2.24) is 10.0 Å². The molecule has 1 amide bonds. The molecule has 0 bridgehead atoms. The van der Waals surface area contributed by atoms with Gasteiger partial charge in [-0.3, -0.25) is 4.79 Å². The molecule has 1 aromatic rings. The molecule has 0 radical (unpaired) electrons. The second kappa shape index (κ2) is 6.27. The number of hydrogen-bond donors (Lipinski definition) is 3. The predicted molar refractivity (Wildman–Crippen MR) is 85.2 cm³/mol. The lowest BCUT2D eigenvalue weighted by Crippen LogP contribution is -2.51. The van der Waals surface area contributed by atoms with Gasteiger partial charge in [-0.25, -0.2) is 13.1 Å². The third kappa shape index (κ3) is 5.63. The Labute approximate surface area is 132 Å². The second-order valence-electron chi connectivity index (χ2n) is 5.11. The molecule has 20 heavy (non-hydrogen) atoms. The van der Waals surface area contributed by atoms with E-state index in [-0.39, 0.29) is 18.2 Å². The minimum atomic E-state index is -3.35. The van der Waals surface area contributed by atoms with E-state index >= 15 is 0 Å². The highest BCUT2D eigenvalue weighted by atomic mass is 127. The van der Waals surface area contributed by atoms with Gasteiger partial charge in [0, 0.05) is 17.6 Å². The molecular weight excluding hydrogens is 395 g/mol. The molecule has 112 valence electrons. The molecule has 0 aliphatic carbocycles. The van der Waals surface area contributed by atoms with Crippen LogP contribution >= 0.6 is 22.6 Å². The second-order valence-corrected chi connectivity index (χ2v) is 8.02. The minimum Gasteiger partial charge on any atom is -0.507 e. The fourth-order valence-electron chi connectivity index (χ4n) is 1.60. The fourth-order valence-corrected chi connectivity index (χ4v) is 3.01. The number of halogens is 1. The van der Waals surface area contributed by atoms with E-state index in [2.05, 4.69) is 10.0 Å². The SMILES string of the molecule is CC(C)(CNC(=O)c1ccc(I)c(O)c1)NS(C)(=O)=O. The summed E-state index contributed by atoms with van der Waals surface area (Å²) in [4.78, 5) is 11.9. The number of phenolic OH excluding ortho intramolecular Hbond substituents is 1. The summed E-state index contributed by atoms with van der Waals surface area (Å²) in [6, 6.07) is 4.59. The summed E-state index contributed by atoms with van der Waals surface area (Å²) in [6.45, 7) is 3.46. The number of amides is 1. The maximum Gasteiger partial charge on any atom is 0.251 e. The minimum absolute atomic E-state index is 0.0340. The van der Waals surface area contributed by atoms with Crippen molar-refractivity contribution < 1.29 is 18.3 Å². The first-order valence-electron chi connectivity index (χ1n) is 5.76. The topological polar surface area (TPSA) is 95.5 Å². The lowest BCUT2D eigenvalue weighted by molar-refractivity contribution is 0.0944. The zero-order valence-electron chi connectivity index (χ0n) is 11.4. The zero-order chi connectivity index (χ0) is 15.6.